The molecule has 2 aromatic rings. The zero-order valence-electron chi connectivity index (χ0n) is 12.1. The zero-order valence-corrected chi connectivity index (χ0v) is 12.9. The van der Waals surface area contributed by atoms with Crippen LogP contribution in [0.5, 0.6) is 5.75 Å². The first-order chi connectivity index (χ1) is 10.6. The van der Waals surface area contributed by atoms with Crippen LogP contribution < -0.4 is 9.46 Å². The molecule has 1 aliphatic heterocycles. The highest BCUT2D eigenvalue weighted by atomic mass is 32.2. The lowest BCUT2D eigenvalue weighted by Crippen LogP contribution is -2.13. The van der Waals surface area contributed by atoms with Crippen molar-refractivity contribution in [3.63, 3.8) is 0 Å². The second-order valence-electron chi connectivity index (χ2n) is 5.01. The molecule has 1 atom stereocenters. The Labute approximate surface area is 128 Å². The number of nitrogens with one attached hydrogen (secondary N) is 1. The molecule has 8 heteroatoms. The fourth-order valence-corrected chi connectivity index (χ4v) is 3.37. The monoisotopic (exact) mass is 323 g/mol. The third-order valence-electron chi connectivity index (χ3n) is 3.48. The number of nitrogens with zero attached hydrogens (tertiary/aromatic N) is 2. The Morgan fingerprint density at radius 1 is 1.45 bits per heavy atom. The van der Waals surface area contributed by atoms with Crippen molar-refractivity contribution in [2.75, 3.05) is 25.0 Å². The first-order valence-corrected chi connectivity index (χ1v) is 8.35. The summed E-state index contributed by atoms with van der Waals surface area (Å²) in [6.07, 6.45) is 4.05. The molecule has 1 saturated heterocycles. The van der Waals surface area contributed by atoms with Crippen LogP contribution >= 0.6 is 0 Å². The van der Waals surface area contributed by atoms with Gasteiger partial charge in [0.25, 0.3) is 10.0 Å². The summed E-state index contributed by atoms with van der Waals surface area (Å²) < 4.78 is 39.4. The molecule has 0 unspecified atom stereocenters. The van der Waals surface area contributed by atoms with Crippen LogP contribution in [0.2, 0.25) is 0 Å². The minimum absolute atomic E-state index is 0.142. The van der Waals surface area contributed by atoms with Crippen molar-refractivity contribution in [2.24, 2.45) is 0 Å². The number of hydrogen-bond acceptors (Lipinski definition) is 5. The van der Waals surface area contributed by atoms with E-state index in [1.54, 1.807) is 23.0 Å². The molecule has 3 rings (SSSR count). The van der Waals surface area contributed by atoms with E-state index in [0.29, 0.717) is 24.7 Å². The number of ether oxygens (including phenoxy) is 2. The van der Waals surface area contributed by atoms with Crippen LogP contribution in [0.25, 0.3) is 0 Å². The molecule has 2 heterocycles. The first kappa shape index (κ1) is 14.9. The Bertz CT molecular complexity index is 751. The molecule has 1 aliphatic rings. The van der Waals surface area contributed by atoms with E-state index in [1.807, 2.05) is 0 Å². The predicted octanol–water partition coefficient (Wildman–Crippen LogP) is 1.65. The lowest BCUT2D eigenvalue weighted by atomic mass is 10.3. The molecule has 0 amide bonds. The largest absolute Gasteiger partial charge is 0.497 e. The first-order valence-electron chi connectivity index (χ1n) is 6.87. The molecule has 0 aliphatic carbocycles. The fraction of sp³-hybridized carbons (Fsp3) is 0.357. The van der Waals surface area contributed by atoms with E-state index in [9.17, 15) is 8.42 Å². The van der Waals surface area contributed by atoms with Gasteiger partial charge in [0.2, 0.25) is 0 Å². The van der Waals surface area contributed by atoms with Crippen LogP contribution in [-0.2, 0) is 14.8 Å². The van der Waals surface area contributed by atoms with Gasteiger partial charge in [0, 0.05) is 18.9 Å². The van der Waals surface area contributed by atoms with Crippen LogP contribution in [0.15, 0.2) is 41.6 Å². The molecular weight excluding hydrogens is 306 g/mol. The van der Waals surface area contributed by atoms with E-state index < -0.39 is 10.0 Å². The molecule has 7 nitrogen and oxygen atoms in total. The second-order valence-corrected chi connectivity index (χ2v) is 6.69. The van der Waals surface area contributed by atoms with E-state index in [1.165, 1.54) is 25.4 Å². The lowest BCUT2D eigenvalue weighted by molar-refractivity contribution is 0.184. The smallest absolute Gasteiger partial charge is 0.262 e. The molecular formula is C14H17N3O4S. The third kappa shape index (κ3) is 3.07. The fourth-order valence-electron chi connectivity index (χ4n) is 2.30. The number of benzene rings is 1. The predicted molar refractivity (Wildman–Crippen MR) is 80.5 cm³/mol. The maximum absolute atomic E-state index is 12.4. The molecule has 0 spiro atoms. The summed E-state index contributed by atoms with van der Waals surface area (Å²) in [7, 11) is -2.18. The minimum atomic E-state index is -3.67. The average Bonchev–Trinajstić information content (AvgIpc) is 3.18. The quantitative estimate of drug-likeness (QED) is 0.905. The van der Waals surface area contributed by atoms with Crippen LogP contribution in [-0.4, -0.2) is 38.5 Å². The lowest BCUT2D eigenvalue weighted by Gasteiger charge is -2.08. The van der Waals surface area contributed by atoms with Crippen LogP contribution in [0.4, 0.5) is 5.69 Å². The van der Waals surface area contributed by atoms with Crippen LogP contribution in [0.1, 0.15) is 12.5 Å². The van der Waals surface area contributed by atoms with Crippen LogP contribution in [0, 0.1) is 0 Å². The van der Waals surface area contributed by atoms with Gasteiger partial charge in [-0.1, -0.05) is 6.07 Å². The van der Waals surface area contributed by atoms with E-state index in [4.69, 9.17) is 9.47 Å². The summed E-state index contributed by atoms with van der Waals surface area (Å²) >= 11 is 0. The SMILES string of the molecule is COc1cccc(S(=O)(=O)Nc2cnn([C@H]3CCOC3)c2)c1. The maximum Gasteiger partial charge on any atom is 0.262 e. The van der Waals surface area contributed by atoms with Gasteiger partial charge in [-0.25, -0.2) is 8.42 Å². The van der Waals surface area contributed by atoms with Crippen molar-refractivity contribution in [1.82, 2.24) is 9.78 Å². The van der Waals surface area contributed by atoms with Gasteiger partial charge in [-0.2, -0.15) is 5.10 Å². The Morgan fingerprint density at radius 3 is 3.05 bits per heavy atom. The van der Waals surface area contributed by atoms with E-state index >= 15 is 0 Å². The van der Waals surface area contributed by atoms with Gasteiger partial charge in [-0.3, -0.25) is 9.40 Å². The van der Waals surface area contributed by atoms with Crippen molar-refractivity contribution >= 4 is 15.7 Å². The summed E-state index contributed by atoms with van der Waals surface area (Å²) in [4.78, 5) is 0.142. The maximum atomic E-state index is 12.4. The molecule has 1 aromatic carbocycles. The highest BCUT2D eigenvalue weighted by molar-refractivity contribution is 7.92. The number of aromatic nitrogens is 2. The number of methoxy groups -OCH3 is 1. The van der Waals surface area contributed by atoms with Gasteiger partial charge < -0.3 is 9.47 Å². The van der Waals surface area contributed by atoms with Gasteiger partial charge in [0.05, 0.1) is 36.5 Å². The summed E-state index contributed by atoms with van der Waals surface area (Å²) in [5.74, 6) is 0.488. The second kappa shape index (κ2) is 5.98. The van der Waals surface area contributed by atoms with Gasteiger partial charge in [0.15, 0.2) is 0 Å². The van der Waals surface area contributed by atoms with Crippen molar-refractivity contribution in [3.05, 3.63) is 36.7 Å². The van der Waals surface area contributed by atoms with E-state index in [2.05, 4.69) is 9.82 Å². The van der Waals surface area contributed by atoms with Gasteiger partial charge in [-0.05, 0) is 18.6 Å². The van der Waals surface area contributed by atoms with E-state index in [-0.39, 0.29) is 10.9 Å². The number of sulfonamides is 1. The topological polar surface area (TPSA) is 82.5 Å². The molecule has 1 aromatic heterocycles. The highest BCUT2D eigenvalue weighted by Gasteiger charge is 2.20. The molecule has 118 valence electrons. The number of hydrogen-bond donors (Lipinski definition) is 1. The minimum Gasteiger partial charge on any atom is -0.497 e. The Balaban J connectivity index is 1.79. The molecule has 0 bridgehead atoms. The molecule has 22 heavy (non-hydrogen) atoms. The van der Waals surface area contributed by atoms with Gasteiger partial charge in [-0.15, -0.1) is 0 Å². The Hall–Kier alpha value is -2.06. The van der Waals surface area contributed by atoms with Crippen molar-refractivity contribution in [1.29, 1.82) is 0 Å². The van der Waals surface area contributed by atoms with E-state index in [0.717, 1.165) is 6.42 Å². The van der Waals surface area contributed by atoms with Gasteiger partial charge >= 0.3 is 0 Å². The summed E-state index contributed by atoms with van der Waals surface area (Å²) in [5.41, 5.74) is 0.426. The summed E-state index contributed by atoms with van der Waals surface area (Å²) in [6, 6.07) is 6.47. The average molecular weight is 323 g/mol. The molecule has 1 N–H and O–H groups in total. The Morgan fingerprint density at radius 2 is 2.32 bits per heavy atom. The number of anilines is 1. The zero-order chi connectivity index (χ0) is 15.6. The number of rotatable bonds is 5. The van der Waals surface area contributed by atoms with Gasteiger partial charge in [0.1, 0.15) is 5.75 Å². The standard InChI is InChI=1S/C14H17N3O4S/c1-20-13-3-2-4-14(7-13)22(18,19)16-11-8-15-17(9-11)12-5-6-21-10-12/h2-4,7-9,12,16H,5-6,10H2,1H3/t12-/m0/s1. The molecule has 1 fully saturated rings. The normalized spacial score (nSPS) is 18.3. The molecule has 0 radical (unpaired) electrons. The van der Waals surface area contributed by atoms with Crippen molar-refractivity contribution < 1.29 is 17.9 Å². The van der Waals surface area contributed by atoms with Crippen LogP contribution in [0.3, 0.4) is 0 Å². The summed E-state index contributed by atoms with van der Waals surface area (Å²) in [6.45, 7) is 1.30. The Kier molecular flexibility index (Phi) is 4.04. The van der Waals surface area contributed by atoms with Crippen molar-refractivity contribution in [3.8, 4) is 5.75 Å². The molecule has 0 saturated carbocycles. The third-order valence-corrected chi connectivity index (χ3v) is 4.86. The highest BCUT2D eigenvalue weighted by Crippen LogP contribution is 2.22. The van der Waals surface area contributed by atoms with Crippen molar-refractivity contribution in [2.45, 2.75) is 17.4 Å². The summed E-state index contributed by atoms with van der Waals surface area (Å²) in [5, 5.41) is 4.19.